The van der Waals surface area contributed by atoms with Crippen LogP contribution in [0, 0.1) is 0 Å². The second kappa shape index (κ2) is 6.33. The van der Waals surface area contributed by atoms with Crippen LogP contribution in [0.15, 0.2) is 36.5 Å². The molecule has 0 aliphatic carbocycles. The molecule has 122 valence electrons. The van der Waals surface area contributed by atoms with Crippen LogP contribution >= 0.6 is 0 Å². The predicted octanol–water partition coefficient (Wildman–Crippen LogP) is 2.71. The van der Waals surface area contributed by atoms with Gasteiger partial charge in [-0.3, -0.25) is 4.72 Å². The van der Waals surface area contributed by atoms with E-state index in [2.05, 4.69) is 15.0 Å². The van der Waals surface area contributed by atoms with Crippen molar-refractivity contribution in [2.75, 3.05) is 22.6 Å². The molecule has 1 aromatic carbocycles. The van der Waals surface area contributed by atoms with Gasteiger partial charge in [0.1, 0.15) is 5.82 Å². The molecule has 0 amide bonds. The largest absolute Gasteiger partial charge is 0.454 e. The maximum absolute atomic E-state index is 11.7. The van der Waals surface area contributed by atoms with E-state index in [1.807, 2.05) is 25.1 Å². The van der Waals surface area contributed by atoms with Gasteiger partial charge in [0.15, 0.2) is 11.5 Å². The molecule has 1 aliphatic rings. The Bertz CT molecular complexity index is 791. The number of rotatable bonds is 6. The molecule has 0 saturated heterocycles. The zero-order chi connectivity index (χ0) is 16.3. The first kappa shape index (κ1) is 15.4. The van der Waals surface area contributed by atoms with Crippen LogP contribution in [0.3, 0.4) is 0 Å². The van der Waals surface area contributed by atoms with Crippen LogP contribution in [0.5, 0.6) is 11.5 Å². The Morgan fingerprint density at radius 3 is 2.65 bits per heavy atom. The fourth-order valence-corrected chi connectivity index (χ4v) is 3.27. The number of ether oxygens (including phenoxy) is 2. The zero-order valence-electron chi connectivity index (χ0n) is 12.6. The number of nitrogens with one attached hydrogen (secondary N) is 2. The number of sulfonamides is 1. The summed E-state index contributed by atoms with van der Waals surface area (Å²) in [6, 6.07) is 8.86. The molecule has 0 unspecified atom stereocenters. The van der Waals surface area contributed by atoms with Crippen molar-refractivity contribution < 1.29 is 17.9 Å². The maximum atomic E-state index is 11.7. The lowest BCUT2D eigenvalue weighted by molar-refractivity contribution is 0.174. The van der Waals surface area contributed by atoms with E-state index < -0.39 is 10.0 Å². The van der Waals surface area contributed by atoms with E-state index >= 15 is 0 Å². The van der Waals surface area contributed by atoms with Crippen LogP contribution < -0.4 is 19.5 Å². The third-order valence-electron chi connectivity index (χ3n) is 3.15. The third kappa shape index (κ3) is 3.84. The van der Waals surface area contributed by atoms with Gasteiger partial charge in [0.25, 0.3) is 0 Å². The molecule has 23 heavy (non-hydrogen) atoms. The number of fused-ring (bicyclic) bond motifs is 1. The fourth-order valence-electron chi connectivity index (χ4n) is 2.15. The summed E-state index contributed by atoms with van der Waals surface area (Å²) in [5.41, 5.74) is 1.25. The van der Waals surface area contributed by atoms with Crippen molar-refractivity contribution >= 4 is 27.2 Å². The van der Waals surface area contributed by atoms with Gasteiger partial charge in [0, 0.05) is 11.8 Å². The lowest BCUT2D eigenvalue weighted by Crippen LogP contribution is -2.16. The molecule has 0 saturated carbocycles. The highest BCUT2D eigenvalue weighted by Crippen LogP contribution is 2.34. The number of pyridine rings is 1. The molecule has 3 rings (SSSR count). The van der Waals surface area contributed by atoms with E-state index in [0.29, 0.717) is 29.4 Å². The Kier molecular flexibility index (Phi) is 4.24. The summed E-state index contributed by atoms with van der Waals surface area (Å²) in [6.07, 6.45) is 2.04. The molecule has 1 aliphatic heterocycles. The van der Waals surface area contributed by atoms with Crippen molar-refractivity contribution in [2.24, 2.45) is 0 Å². The second-order valence-corrected chi connectivity index (χ2v) is 6.89. The Balaban J connectivity index is 1.68. The standard InChI is InChI=1S/C15H17N3O4S/c1-2-7-23(19,20)18-12-4-6-15(16-9-12)17-11-3-5-13-14(8-11)22-10-21-13/h3-6,8-9,18H,2,7,10H2,1H3,(H,16,17). The number of hydrogen-bond donors (Lipinski definition) is 2. The van der Waals surface area contributed by atoms with Crippen molar-refractivity contribution in [3.63, 3.8) is 0 Å². The molecule has 0 bridgehead atoms. The number of benzene rings is 1. The summed E-state index contributed by atoms with van der Waals surface area (Å²) in [5.74, 6) is 2.08. The first-order valence-corrected chi connectivity index (χ1v) is 8.84. The second-order valence-electron chi connectivity index (χ2n) is 5.05. The highest BCUT2D eigenvalue weighted by molar-refractivity contribution is 7.92. The third-order valence-corrected chi connectivity index (χ3v) is 4.65. The zero-order valence-corrected chi connectivity index (χ0v) is 13.4. The number of aromatic nitrogens is 1. The van der Waals surface area contributed by atoms with Gasteiger partial charge in [-0.2, -0.15) is 0 Å². The number of hydrogen-bond acceptors (Lipinski definition) is 6. The van der Waals surface area contributed by atoms with Crippen LogP contribution in [-0.2, 0) is 10.0 Å². The SMILES string of the molecule is CCCS(=O)(=O)Nc1ccc(Nc2ccc3c(c2)OCO3)nc1. The molecular formula is C15H17N3O4S. The lowest BCUT2D eigenvalue weighted by atomic mass is 10.2. The van der Waals surface area contributed by atoms with Gasteiger partial charge in [0.2, 0.25) is 16.8 Å². The van der Waals surface area contributed by atoms with Crippen molar-refractivity contribution in [1.29, 1.82) is 0 Å². The first-order chi connectivity index (χ1) is 11.1. The smallest absolute Gasteiger partial charge is 0.232 e. The highest BCUT2D eigenvalue weighted by atomic mass is 32.2. The van der Waals surface area contributed by atoms with Crippen LogP contribution in [0.25, 0.3) is 0 Å². The quantitative estimate of drug-likeness (QED) is 0.844. The number of anilines is 3. The molecule has 0 spiro atoms. The molecule has 1 aromatic heterocycles. The Hall–Kier alpha value is -2.48. The summed E-state index contributed by atoms with van der Waals surface area (Å²) in [5, 5.41) is 3.12. The van der Waals surface area contributed by atoms with E-state index in [9.17, 15) is 8.42 Å². The Morgan fingerprint density at radius 1 is 1.13 bits per heavy atom. The van der Waals surface area contributed by atoms with E-state index in [4.69, 9.17) is 9.47 Å². The van der Waals surface area contributed by atoms with Gasteiger partial charge >= 0.3 is 0 Å². The molecule has 2 N–H and O–H groups in total. The normalized spacial score (nSPS) is 12.9. The van der Waals surface area contributed by atoms with Crippen molar-refractivity contribution in [2.45, 2.75) is 13.3 Å². The van der Waals surface area contributed by atoms with Crippen LogP contribution in [0.1, 0.15) is 13.3 Å². The fraction of sp³-hybridized carbons (Fsp3) is 0.267. The van der Waals surface area contributed by atoms with Crippen molar-refractivity contribution in [3.05, 3.63) is 36.5 Å². The minimum Gasteiger partial charge on any atom is -0.454 e. The molecule has 2 heterocycles. The topological polar surface area (TPSA) is 89.6 Å². The summed E-state index contributed by atoms with van der Waals surface area (Å²) < 4.78 is 36.5. The molecule has 8 heteroatoms. The van der Waals surface area contributed by atoms with Crippen LogP contribution in [-0.4, -0.2) is 25.9 Å². The first-order valence-electron chi connectivity index (χ1n) is 7.19. The molecule has 2 aromatic rings. The minimum atomic E-state index is -3.30. The van der Waals surface area contributed by atoms with E-state index in [1.54, 1.807) is 12.1 Å². The van der Waals surface area contributed by atoms with Gasteiger partial charge in [0.05, 0.1) is 17.6 Å². The summed E-state index contributed by atoms with van der Waals surface area (Å²) in [7, 11) is -3.30. The van der Waals surface area contributed by atoms with Crippen LogP contribution in [0.4, 0.5) is 17.2 Å². The van der Waals surface area contributed by atoms with Crippen molar-refractivity contribution in [1.82, 2.24) is 4.98 Å². The Morgan fingerprint density at radius 2 is 1.91 bits per heavy atom. The van der Waals surface area contributed by atoms with Crippen LogP contribution in [0.2, 0.25) is 0 Å². The lowest BCUT2D eigenvalue weighted by Gasteiger charge is -2.09. The molecule has 0 radical (unpaired) electrons. The summed E-state index contributed by atoms with van der Waals surface area (Å²) in [6.45, 7) is 2.04. The number of nitrogens with zero attached hydrogens (tertiary/aromatic N) is 1. The van der Waals surface area contributed by atoms with Gasteiger partial charge < -0.3 is 14.8 Å². The predicted molar refractivity (Wildman–Crippen MR) is 87.8 cm³/mol. The molecule has 7 nitrogen and oxygen atoms in total. The summed E-state index contributed by atoms with van der Waals surface area (Å²) in [4.78, 5) is 4.20. The average molecular weight is 335 g/mol. The van der Waals surface area contributed by atoms with Crippen molar-refractivity contribution in [3.8, 4) is 11.5 Å². The molecule has 0 fully saturated rings. The maximum Gasteiger partial charge on any atom is 0.232 e. The van der Waals surface area contributed by atoms with Gasteiger partial charge in [-0.15, -0.1) is 0 Å². The van der Waals surface area contributed by atoms with E-state index in [0.717, 1.165) is 5.69 Å². The Labute approximate surface area is 134 Å². The van der Waals surface area contributed by atoms with E-state index in [-0.39, 0.29) is 12.5 Å². The molecule has 0 atom stereocenters. The van der Waals surface area contributed by atoms with Gasteiger partial charge in [-0.1, -0.05) is 6.92 Å². The van der Waals surface area contributed by atoms with Gasteiger partial charge in [-0.25, -0.2) is 13.4 Å². The minimum absolute atomic E-state index is 0.0875. The van der Waals surface area contributed by atoms with E-state index in [1.165, 1.54) is 6.20 Å². The average Bonchev–Trinajstić information content (AvgIpc) is 2.96. The monoisotopic (exact) mass is 335 g/mol. The van der Waals surface area contributed by atoms with Gasteiger partial charge in [-0.05, 0) is 30.7 Å². The summed E-state index contributed by atoms with van der Waals surface area (Å²) >= 11 is 0. The molecular weight excluding hydrogens is 318 g/mol. The highest BCUT2D eigenvalue weighted by Gasteiger charge is 2.13.